The number of tetrazole rings is 1. The van der Waals surface area contributed by atoms with Crippen LogP contribution in [0.25, 0.3) is 0 Å². The van der Waals surface area contributed by atoms with Crippen molar-refractivity contribution in [1.82, 2.24) is 20.2 Å². The maximum atomic E-state index is 11.5. The molecule has 0 aliphatic carbocycles. The number of rotatable bonds is 9. The maximum absolute atomic E-state index is 11.5. The van der Waals surface area contributed by atoms with Gasteiger partial charge in [-0.25, -0.2) is 0 Å². The normalized spacial score (nSPS) is 10.6. The minimum absolute atomic E-state index is 0.0610. The smallest absolute Gasteiger partial charge is 0.174 e. The third-order valence-electron chi connectivity index (χ3n) is 3.52. The number of hydrogen-bond acceptors (Lipinski definition) is 6. The van der Waals surface area contributed by atoms with Crippen LogP contribution < -0.4 is 4.74 Å². The fourth-order valence-electron chi connectivity index (χ4n) is 2.34. The van der Waals surface area contributed by atoms with Gasteiger partial charge in [-0.2, -0.15) is 4.80 Å². The van der Waals surface area contributed by atoms with Crippen molar-refractivity contribution in [3.8, 4) is 11.5 Å². The van der Waals surface area contributed by atoms with E-state index in [0.717, 1.165) is 24.8 Å². The number of ketones is 1. The molecule has 0 aliphatic heterocycles. The number of nitrogens with zero attached hydrogens (tertiary/aromatic N) is 4. The van der Waals surface area contributed by atoms with Crippen LogP contribution in [-0.2, 0) is 19.9 Å². The molecular weight excluding hydrogens is 308 g/mol. The molecule has 1 aromatic carbocycles. The standard InChI is InChI=1S/C17H22N4O3/c1-4-7-13-10-14(12(2)22)15(23)11-16(13)24-9-6-5-8-17-18-20-21(3)19-17/h4,10-11,23H,1,5-9H2,2-3H3. The molecule has 0 atom stereocenters. The van der Waals surface area contributed by atoms with E-state index in [1.165, 1.54) is 17.8 Å². The topological polar surface area (TPSA) is 90.1 Å². The molecule has 2 rings (SSSR count). The van der Waals surface area contributed by atoms with Crippen molar-refractivity contribution >= 4 is 5.78 Å². The van der Waals surface area contributed by atoms with Crippen LogP contribution in [0.4, 0.5) is 0 Å². The number of aromatic nitrogens is 4. The van der Waals surface area contributed by atoms with E-state index in [1.54, 1.807) is 19.2 Å². The molecule has 1 N–H and O–H groups in total. The molecule has 0 amide bonds. The number of carbonyl (C=O) groups is 1. The van der Waals surface area contributed by atoms with Gasteiger partial charge in [0.15, 0.2) is 11.6 Å². The number of phenols is 1. The quantitative estimate of drug-likeness (QED) is 0.431. The second kappa shape index (κ2) is 8.24. The van der Waals surface area contributed by atoms with Gasteiger partial charge in [0.2, 0.25) is 0 Å². The van der Waals surface area contributed by atoms with Crippen LogP contribution in [-0.4, -0.2) is 37.7 Å². The highest BCUT2D eigenvalue weighted by molar-refractivity contribution is 5.97. The zero-order valence-electron chi connectivity index (χ0n) is 14.0. The lowest BCUT2D eigenvalue weighted by molar-refractivity contribution is 0.101. The fraction of sp³-hybridized carbons (Fsp3) is 0.412. The Morgan fingerprint density at radius 2 is 2.21 bits per heavy atom. The van der Waals surface area contributed by atoms with E-state index in [0.29, 0.717) is 30.2 Å². The summed E-state index contributed by atoms with van der Waals surface area (Å²) in [5.74, 6) is 1.05. The maximum Gasteiger partial charge on any atom is 0.174 e. The Morgan fingerprint density at radius 3 is 2.83 bits per heavy atom. The SMILES string of the molecule is C=CCc1cc(C(C)=O)c(O)cc1OCCCCc1nnn(C)n1. The second-order valence-corrected chi connectivity index (χ2v) is 5.53. The lowest BCUT2D eigenvalue weighted by Crippen LogP contribution is -2.03. The molecule has 0 radical (unpaired) electrons. The van der Waals surface area contributed by atoms with Crippen LogP contribution in [0.3, 0.4) is 0 Å². The number of allylic oxidation sites excluding steroid dienone is 1. The number of benzene rings is 1. The molecular formula is C17H22N4O3. The number of aromatic hydroxyl groups is 1. The first-order valence-electron chi connectivity index (χ1n) is 7.84. The van der Waals surface area contributed by atoms with Crippen molar-refractivity contribution in [2.24, 2.45) is 7.05 Å². The van der Waals surface area contributed by atoms with E-state index in [2.05, 4.69) is 22.0 Å². The number of aryl methyl sites for hydroxylation is 2. The van der Waals surface area contributed by atoms with Crippen molar-refractivity contribution in [2.45, 2.75) is 32.6 Å². The summed E-state index contributed by atoms with van der Waals surface area (Å²) >= 11 is 0. The molecule has 7 heteroatoms. The first-order valence-corrected chi connectivity index (χ1v) is 7.84. The molecule has 0 bridgehead atoms. The average molecular weight is 330 g/mol. The average Bonchev–Trinajstić information content (AvgIpc) is 2.94. The molecule has 2 aromatic rings. The summed E-state index contributed by atoms with van der Waals surface area (Å²) in [7, 11) is 1.73. The zero-order valence-corrected chi connectivity index (χ0v) is 14.0. The van der Waals surface area contributed by atoms with E-state index in [1.807, 2.05) is 0 Å². The van der Waals surface area contributed by atoms with E-state index < -0.39 is 0 Å². The summed E-state index contributed by atoms with van der Waals surface area (Å²) < 4.78 is 5.77. The minimum Gasteiger partial charge on any atom is -0.507 e. The molecule has 128 valence electrons. The Labute approximate surface area is 141 Å². The van der Waals surface area contributed by atoms with E-state index in [9.17, 15) is 9.90 Å². The number of Topliss-reactive ketones (excluding diaryl/α,β-unsaturated/α-hetero) is 1. The Morgan fingerprint density at radius 1 is 1.42 bits per heavy atom. The number of hydrogen-bond donors (Lipinski definition) is 1. The largest absolute Gasteiger partial charge is 0.507 e. The predicted octanol–water partition coefficient (Wildman–Crippen LogP) is 2.25. The van der Waals surface area contributed by atoms with Gasteiger partial charge in [-0.3, -0.25) is 4.79 Å². The number of unbranched alkanes of at least 4 members (excludes halogenated alkanes) is 1. The summed E-state index contributed by atoms with van der Waals surface area (Å²) in [6.07, 6.45) is 4.74. The van der Waals surface area contributed by atoms with Gasteiger partial charge in [-0.05, 0) is 43.0 Å². The fourth-order valence-corrected chi connectivity index (χ4v) is 2.34. The van der Waals surface area contributed by atoms with Gasteiger partial charge in [0, 0.05) is 12.5 Å². The van der Waals surface area contributed by atoms with E-state index in [-0.39, 0.29) is 11.5 Å². The molecule has 0 saturated carbocycles. The highest BCUT2D eigenvalue weighted by atomic mass is 16.5. The Kier molecular flexibility index (Phi) is 6.06. The van der Waals surface area contributed by atoms with Gasteiger partial charge in [-0.15, -0.1) is 16.8 Å². The lowest BCUT2D eigenvalue weighted by atomic mass is 10.0. The van der Waals surface area contributed by atoms with Crippen molar-refractivity contribution in [1.29, 1.82) is 0 Å². The first kappa shape index (κ1) is 17.7. The van der Waals surface area contributed by atoms with Crippen molar-refractivity contribution in [3.63, 3.8) is 0 Å². The first-order chi connectivity index (χ1) is 11.5. The molecule has 24 heavy (non-hydrogen) atoms. The Bertz CT molecular complexity index is 725. The van der Waals surface area contributed by atoms with Crippen molar-refractivity contribution in [3.05, 3.63) is 41.7 Å². The molecule has 0 aliphatic rings. The zero-order chi connectivity index (χ0) is 17.5. The van der Waals surface area contributed by atoms with Crippen LogP contribution in [0, 0.1) is 0 Å². The van der Waals surface area contributed by atoms with E-state index >= 15 is 0 Å². The molecule has 1 heterocycles. The van der Waals surface area contributed by atoms with Crippen LogP contribution in [0.2, 0.25) is 0 Å². The molecule has 0 fully saturated rings. The number of carbonyl (C=O) groups excluding carboxylic acids is 1. The van der Waals surface area contributed by atoms with Crippen LogP contribution >= 0.6 is 0 Å². The second-order valence-electron chi connectivity index (χ2n) is 5.53. The van der Waals surface area contributed by atoms with Crippen molar-refractivity contribution < 1.29 is 14.6 Å². The highest BCUT2D eigenvalue weighted by Crippen LogP contribution is 2.29. The molecule has 1 aromatic heterocycles. The van der Waals surface area contributed by atoms with Gasteiger partial charge in [0.1, 0.15) is 11.5 Å². The van der Waals surface area contributed by atoms with Crippen molar-refractivity contribution in [2.75, 3.05) is 6.61 Å². The van der Waals surface area contributed by atoms with E-state index in [4.69, 9.17) is 4.74 Å². The van der Waals surface area contributed by atoms with Gasteiger partial charge in [0.05, 0.1) is 19.2 Å². The molecule has 0 unspecified atom stereocenters. The summed E-state index contributed by atoms with van der Waals surface area (Å²) in [5, 5.41) is 21.8. The lowest BCUT2D eigenvalue weighted by Gasteiger charge is -2.13. The summed E-state index contributed by atoms with van der Waals surface area (Å²) in [6, 6.07) is 3.16. The minimum atomic E-state index is -0.180. The van der Waals surface area contributed by atoms with Gasteiger partial charge < -0.3 is 9.84 Å². The molecule has 7 nitrogen and oxygen atoms in total. The predicted molar refractivity (Wildman–Crippen MR) is 89.2 cm³/mol. The summed E-state index contributed by atoms with van der Waals surface area (Å²) in [6.45, 7) is 5.64. The monoisotopic (exact) mass is 330 g/mol. The number of ether oxygens (including phenoxy) is 1. The van der Waals surface area contributed by atoms with Gasteiger partial charge >= 0.3 is 0 Å². The molecule has 0 saturated heterocycles. The van der Waals surface area contributed by atoms with Crippen LogP contribution in [0.15, 0.2) is 24.8 Å². The van der Waals surface area contributed by atoms with Gasteiger partial charge in [-0.1, -0.05) is 6.08 Å². The van der Waals surface area contributed by atoms with Crippen LogP contribution in [0.1, 0.15) is 41.5 Å². The highest BCUT2D eigenvalue weighted by Gasteiger charge is 2.13. The van der Waals surface area contributed by atoms with Gasteiger partial charge in [0.25, 0.3) is 0 Å². The summed E-state index contributed by atoms with van der Waals surface area (Å²) in [4.78, 5) is 13.0. The van der Waals surface area contributed by atoms with Crippen LogP contribution in [0.5, 0.6) is 11.5 Å². The third kappa shape index (κ3) is 4.65. The molecule has 0 spiro atoms. The Balaban J connectivity index is 1.92. The summed E-state index contributed by atoms with van der Waals surface area (Å²) in [5.41, 5.74) is 1.14. The Hall–Kier alpha value is -2.70. The third-order valence-corrected chi connectivity index (χ3v) is 3.52. The number of phenolic OH excluding ortho intramolecular Hbond substituents is 1.